The van der Waals surface area contributed by atoms with Crippen LogP contribution in [0.3, 0.4) is 0 Å². The Hall–Kier alpha value is -1.28. The maximum absolute atomic E-state index is 3.47. The minimum absolute atomic E-state index is 0.538. The van der Waals surface area contributed by atoms with E-state index in [0.29, 0.717) is 6.04 Å². The minimum atomic E-state index is 0.538. The highest BCUT2D eigenvalue weighted by molar-refractivity contribution is 5.57. The summed E-state index contributed by atoms with van der Waals surface area (Å²) in [5, 5.41) is 3.47. The lowest BCUT2D eigenvalue weighted by Gasteiger charge is -2.13. The quantitative estimate of drug-likeness (QED) is 0.826. The van der Waals surface area contributed by atoms with Gasteiger partial charge in [0.15, 0.2) is 0 Å². The van der Waals surface area contributed by atoms with Gasteiger partial charge in [0.25, 0.3) is 0 Å². The van der Waals surface area contributed by atoms with Crippen molar-refractivity contribution < 1.29 is 0 Å². The first-order valence-electron chi connectivity index (χ1n) is 6.73. The fourth-order valence-corrected chi connectivity index (χ4v) is 1.72. The number of nitrogens with zero attached hydrogens (tertiary/aromatic N) is 1. The molecule has 0 radical (unpaired) electrons. The van der Waals surface area contributed by atoms with E-state index in [4.69, 9.17) is 0 Å². The van der Waals surface area contributed by atoms with Crippen molar-refractivity contribution in [1.82, 2.24) is 5.32 Å². The molecule has 2 nitrogen and oxygen atoms in total. The van der Waals surface area contributed by atoms with Gasteiger partial charge < -0.3 is 10.2 Å². The van der Waals surface area contributed by atoms with Crippen LogP contribution in [0.1, 0.15) is 32.8 Å². The highest BCUT2D eigenvalue weighted by Gasteiger charge is 1.99. The third kappa shape index (κ3) is 4.92. The molecule has 0 aliphatic carbocycles. The van der Waals surface area contributed by atoms with Crippen LogP contribution in [0.15, 0.2) is 29.8 Å². The van der Waals surface area contributed by atoms with Crippen LogP contribution in [0.2, 0.25) is 0 Å². The molecule has 1 rings (SSSR count). The first kappa shape index (κ1) is 14.8. The minimum Gasteiger partial charge on any atom is -0.378 e. The molecule has 0 aromatic heterocycles. The summed E-state index contributed by atoms with van der Waals surface area (Å²) in [6.45, 7) is 7.55. The van der Waals surface area contributed by atoms with Gasteiger partial charge in [-0.2, -0.15) is 0 Å². The Kier molecular flexibility index (Phi) is 5.93. The predicted octanol–water partition coefficient (Wildman–Crippen LogP) is 3.54. The van der Waals surface area contributed by atoms with E-state index in [-0.39, 0.29) is 0 Å². The number of hydrogen-bond acceptors (Lipinski definition) is 2. The fourth-order valence-electron chi connectivity index (χ4n) is 1.72. The van der Waals surface area contributed by atoms with Gasteiger partial charge in [-0.25, -0.2) is 0 Å². The number of hydrogen-bond donors (Lipinski definition) is 1. The predicted molar refractivity (Wildman–Crippen MR) is 82.2 cm³/mol. The summed E-state index contributed by atoms with van der Waals surface area (Å²) in [6.07, 6.45) is 3.38. The Morgan fingerprint density at radius 2 is 1.83 bits per heavy atom. The Labute approximate surface area is 112 Å². The Balaban J connectivity index is 2.72. The number of anilines is 1. The molecule has 0 saturated carbocycles. The second-order valence-electron chi connectivity index (χ2n) is 5.18. The largest absolute Gasteiger partial charge is 0.378 e. The molecule has 1 aromatic carbocycles. The van der Waals surface area contributed by atoms with Crippen molar-refractivity contribution in [3.8, 4) is 0 Å². The Morgan fingerprint density at radius 1 is 1.22 bits per heavy atom. The molecule has 0 saturated heterocycles. The van der Waals surface area contributed by atoms with Crippen molar-refractivity contribution in [3.05, 3.63) is 35.4 Å². The smallest absolute Gasteiger partial charge is 0.0361 e. The molecule has 100 valence electrons. The molecule has 2 heteroatoms. The molecule has 0 bridgehead atoms. The fraction of sp³-hybridized carbons (Fsp3) is 0.500. The van der Waals surface area contributed by atoms with Gasteiger partial charge in [0.1, 0.15) is 0 Å². The summed E-state index contributed by atoms with van der Waals surface area (Å²) in [7, 11) is 4.13. The molecule has 18 heavy (non-hydrogen) atoms. The van der Waals surface area contributed by atoms with Gasteiger partial charge in [0, 0.05) is 32.4 Å². The average molecular weight is 246 g/mol. The van der Waals surface area contributed by atoms with E-state index in [1.165, 1.54) is 16.8 Å². The molecule has 0 amide bonds. The lowest BCUT2D eigenvalue weighted by atomic mass is 10.1. The molecule has 0 fully saturated rings. The molecular formula is C16H26N2. The summed E-state index contributed by atoms with van der Waals surface area (Å²) in [4.78, 5) is 2.12. The third-order valence-corrected chi connectivity index (χ3v) is 2.97. The number of rotatable bonds is 6. The zero-order valence-corrected chi connectivity index (χ0v) is 12.3. The van der Waals surface area contributed by atoms with Gasteiger partial charge in [0.05, 0.1) is 0 Å². The summed E-state index contributed by atoms with van der Waals surface area (Å²) in [6, 6.07) is 9.22. The van der Waals surface area contributed by atoms with Gasteiger partial charge >= 0.3 is 0 Å². The number of benzene rings is 1. The van der Waals surface area contributed by atoms with Crippen LogP contribution < -0.4 is 10.2 Å². The zero-order chi connectivity index (χ0) is 13.5. The van der Waals surface area contributed by atoms with Crippen molar-refractivity contribution in [1.29, 1.82) is 0 Å². The lowest BCUT2D eigenvalue weighted by molar-refractivity contribution is 0.617. The average Bonchev–Trinajstić information content (AvgIpc) is 2.34. The van der Waals surface area contributed by atoms with Gasteiger partial charge in [-0.15, -0.1) is 0 Å². The summed E-state index contributed by atoms with van der Waals surface area (Å²) < 4.78 is 0. The third-order valence-electron chi connectivity index (χ3n) is 2.97. The van der Waals surface area contributed by atoms with E-state index in [2.05, 4.69) is 75.4 Å². The van der Waals surface area contributed by atoms with E-state index in [9.17, 15) is 0 Å². The van der Waals surface area contributed by atoms with Crippen LogP contribution in [0.25, 0.3) is 6.08 Å². The molecule has 1 N–H and O–H groups in total. The van der Waals surface area contributed by atoms with Gasteiger partial charge in [-0.3, -0.25) is 0 Å². The topological polar surface area (TPSA) is 15.3 Å². The highest BCUT2D eigenvalue weighted by Crippen LogP contribution is 2.15. The van der Waals surface area contributed by atoms with Crippen molar-refractivity contribution in [2.45, 2.75) is 33.2 Å². The van der Waals surface area contributed by atoms with E-state index >= 15 is 0 Å². The molecule has 1 aromatic rings. The van der Waals surface area contributed by atoms with Crippen LogP contribution in [0.5, 0.6) is 0 Å². The van der Waals surface area contributed by atoms with Gasteiger partial charge in [-0.05, 0) is 24.1 Å². The van der Waals surface area contributed by atoms with Crippen molar-refractivity contribution in [2.24, 2.45) is 0 Å². The molecule has 0 atom stereocenters. The van der Waals surface area contributed by atoms with Gasteiger partial charge in [-0.1, -0.05) is 44.6 Å². The van der Waals surface area contributed by atoms with Gasteiger partial charge in [0.2, 0.25) is 0 Å². The first-order valence-corrected chi connectivity index (χ1v) is 6.73. The molecule has 0 aliphatic heterocycles. The molecular weight excluding hydrogens is 220 g/mol. The summed E-state index contributed by atoms with van der Waals surface area (Å²) in [5.41, 5.74) is 3.97. The number of nitrogens with one attached hydrogen (secondary N) is 1. The van der Waals surface area contributed by atoms with Crippen LogP contribution in [0.4, 0.5) is 5.69 Å². The molecule has 0 unspecified atom stereocenters. The standard InChI is InChI=1S/C16H26N2/c1-6-14(12-17-13(2)3)11-15-7-9-16(10-8-15)18(4)5/h7-11,13,17H,6,12H2,1-5H3. The lowest BCUT2D eigenvalue weighted by Crippen LogP contribution is -2.24. The molecule has 0 aliphatic rings. The maximum atomic E-state index is 3.47. The summed E-state index contributed by atoms with van der Waals surface area (Å²) >= 11 is 0. The van der Waals surface area contributed by atoms with E-state index < -0.39 is 0 Å². The van der Waals surface area contributed by atoms with E-state index in [0.717, 1.165) is 13.0 Å². The van der Waals surface area contributed by atoms with Crippen molar-refractivity contribution in [3.63, 3.8) is 0 Å². The second-order valence-corrected chi connectivity index (χ2v) is 5.18. The normalized spacial score (nSPS) is 12.0. The van der Waals surface area contributed by atoms with Crippen LogP contribution in [0, 0.1) is 0 Å². The Bertz CT molecular complexity index is 375. The summed E-state index contributed by atoms with van der Waals surface area (Å²) in [5.74, 6) is 0. The van der Waals surface area contributed by atoms with Crippen molar-refractivity contribution >= 4 is 11.8 Å². The Morgan fingerprint density at radius 3 is 2.28 bits per heavy atom. The second kappa shape index (κ2) is 7.22. The van der Waals surface area contributed by atoms with Crippen LogP contribution in [-0.2, 0) is 0 Å². The first-order chi connectivity index (χ1) is 8.52. The monoisotopic (exact) mass is 246 g/mol. The van der Waals surface area contributed by atoms with Crippen molar-refractivity contribution in [2.75, 3.05) is 25.5 Å². The molecule has 0 heterocycles. The van der Waals surface area contributed by atoms with E-state index in [1.54, 1.807) is 0 Å². The SMILES string of the molecule is CCC(=Cc1ccc(N(C)C)cc1)CNC(C)C. The van der Waals surface area contributed by atoms with E-state index in [1.807, 2.05) is 0 Å². The highest BCUT2D eigenvalue weighted by atomic mass is 15.1. The molecule has 0 spiro atoms. The maximum Gasteiger partial charge on any atom is 0.0361 e. The van der Waals surface area contributed by atoms with Crippen LogP contribution >= 0.6 is 0 Å². The van der Waals surface area contributed by atoms with Crippen LogP contribution in [-0.4, -0.2) is 26.7 Å². The zero-order valence-electron chi connectivity index (χ0n) is 12.3.